The van der Waals surface area contributed by atoms with Crippen molar-refractivity contribution in [3.63, 3.8) is 0 Å². The largest absolute Gasteiger partial charge is 0.324 e. The topological polar surface area (TPSA) is 29.3 Å². The monoisotopic (exact) mass is 268 g/mol. The molecular weight excluding hydrogens is 244 g/mol. The van der Waals surface area contributed by atoms with Crippen LogP contribution in [0, 0.1) is 0 Å². The Morgan fingerprint density at radius 3 is 2.30 bits per heavy atom. The van der Waals surface area contributed by atoms with Gasteiger partial charge in [0.1, 0.15) is 0 Å². The summed E-state index contributed by atoms with van der Waals surface area (Å²) < 4.78 is 0. The third-order valence-corrected chi connectivity index (χ3v) is 3.54. The van der Waals surface area contributed by atoms with E-state index in [1.165, 1.54) is 22.3 Å². The summed E-state index contributed by atoms with van der Waals surface area (Å²) in [6.07, 6.45) is 0.970. The van der Waals surface area contributed by atoms with Gasteiger partial charge in [0.2, 0.25) is 0 Å². The standard InChI is InChI=1S/C18H24N2/c1-4-18(19)16-10-8-15(9-11-16)17-7-5-6-14(12-17)13-20(2)3/h5-12,18H,4,13,19H2,1-3H3. The minimum absolute atomic E-state index is 0.143. The molecule has 0 amide bonds. The second-order valence-corrected chi connectivity index (χ2v) is 5.57. The molecule has 0 aliphatic carbocycles. The first-order chi connectivity index (χ1) is 9.60. The van der Waals surface area contributed by atoms with E-state index < -0.39 is 0 Å². The van der Waals surface area contributed by atoms with Crippen molar-refractivity contribution in [2.24, 2.45) is 5.73 Å². The van der Waals surface area contributed by atoms with Crippen LogP contribution in [0.5, 0.6) is 0 Å². The SMILES string of the molecule is CCC(N)c1ccc(-c2cccc(CN(C)C)c2)cc1. The lowest BCUT2D eigenvalue weighted by atomic mass is 9.99. The van der Waals surface area contributed by atoms with Crippen molar-refractivity contribution in [1.29, 1.82) is 0 Å². The first kappa shape index (κ1) is 14.8. The van der Waals surface area contributed by atoms with E-state index in [9.17, 15) is 0 Å². The first-order valence-corrected chi connectivity index (χ1v) is 7.19. The zero-order valence-electron chi connectivity index (χ0n) is 12.6. The quantitative estimate of drug-likeness (QED) is 0.893. The van der Waals surface area contributed by atoms with Gasteiger partial charge in [0.15, 0.2) is 0 Å². The number of hydrogen-bond acceptors (Lipinski definition) is 2. The molecular formula is C18H24N2. The molecule has 0 spiro atoms. The van der Waals surface area contributed by atoms with Crippen LogP contribution in [0.25, 0.3) is 11.1 Å². The van der Waals surface area contributed by atoms with Crippen molar-refractivity contribution in [2.45, 2.75) is 25.9 Å². The van der Waals surface area contributed by atoms with Crippen LogP contribution < -0.4 is 5.73 Å². The highest BCUT2D eigenvalue weighted by Gasteiger charge is 2.04. The van der Waals surface area contributed by atoms with Crippen molar-refractivity contribution in [2.75, 3.05) is 14.1 Å². The lowest BCUT2D eigenvalue weighted by molar-refractivity contribution is 0.402. The van der Waals surface area contributed by atoms with Gasteiger partial charge in [0.25, 0.3) is 0 Å². The fraction of sp³-hybridized carbons (Fsp3) is 0.333. The molecule has 0 aliphatic heterocycles. The van der Waals surface area contributed by atoms with E-state index in [4.69, 9.17) is 5.73 Å². The van der Waals surface area contributed by atoms with Gasteiger partial charge in [-0.2, -0.15) is 0 Å². The van der Waals surface area contributed by atoms with E-state index in [0.29, 0.717) is 0 Å². The van der Waals surface area contributed by atoms with Crippen LogP contribution in [-0.2, 0) is 6.54 Å². The molecule has 0 heterocycles. The molecule has 2 N–H and O–H groups in total. The maximum Gasteiger partial charge on any atom is 0.0292 e. The van der Waals surface area contributed by atoms with Crippen LogP contribution in [-0.4, -0.2) is 19.0 Å². The van der Waals surface area contributed by atoms with Crippen molar-refractivity contribution in [3.8, 4) is 11.1 Å². The molecule has 0 radical (unpaired) electrons. The Hall–Kier alpha value is -1.64. The normalized spacial score (nSPS) is 12.7. The van der Waals surface area contributed by atoms with Crippen LogP contribution in [0.4, 0.5) is 0 Å². The predicted octanol–water partition coefficient (Wildman–Crippen LogP) is 3.83. The van der Waals surface area contributed by atoms with Gasteiger partial charge >= 0.3 is 0 Å². The zero-order valence-corrected chi connectivity index (χ0v) is 12.6. The summed E-state index contributed by atoms with van der Waals surface area (Å²) in [7, 11) is 4.18. The molecule has 2 heteroatoms. The molecule has 2 rings (SSSR count). The number of nitrogens with two attached hydrogens (primary N) is 1. The highest BCUT2D eigenvalue weighted by Crippen LogP contribution is 2.23. The van der Waals surface area contributed by atoms with Crippen LogP contribution in [0.1, 0.15) is 30.5 Å². The zero-order chi connectivity index (χ0) is 14.5. The fourth-order valence-electron chi connectivity index (χ4n) is 2.37. The van der Waals surface area contributed by atoms with Crippen LogP contribution in [0.2, 0.25) is 0 Å². The third-order valence-electron chi connectivity index (χ3n) is 3.54. The van der Waals surface area contributed by atoms with Gasteiger partial charge in [-0.1, -0.05) is 49.4 Å². The Kier molecular flexibility index (Phi) is 4.94. The van der Waals surface area contributed by atoms with E-state index >= 15 is 0 Å². The van der Waals surface area contributed by atoms with Crippen molar-refractivity contribution in [3.05, 3.63) is 59.7 Å². The van der Waals surface area contributed by atoms with Crippen LogP contribution >= 0.6 is 0 Å². The second-order valence-electron chi connectivity index (χ2n) is 5.57. The summed E-state index contributed by atoms with van der Waals surface area (Å²) in [6.45, 7) is 3.08. The first-order valence-electron chi connectivity index (χ1n) is 7.19. The predicted molar refractivity (Wildman–Crippen MR) is 86.5 cm³/mol. The Balaban J connectivity index is 2.23. The highest BCUT2D eigenvalue weighted by molar-refractivity contribution is 5.64. The van der Waals surface area contributed by atoms with Crippen molar-refractivity contribution in [1.82, 2.24) is 4.90 Å². The molecule has 0 aromatic heterocycles. The summed E-state index contributed by atoms with van der Waals surface area (Å²) in [6, 6.07) is 17.5. The Morgan fingerprint density at radius 2 is 1.70 bits per heavy atom. The molecule has 0 saturated heterocycles. The van der Waals surface area contributed by atoms with Crippen LogP contribution in [0.3, 0.4) is 0 Å². The third kappa shape index (κ3) is 3.69. The molecule has 0 saturated carbocycles. The lowest BCUT2D eigenvalue weighted by Crippen LogP contribution is -2.10. The summed E-state index contributed by atoms with van der Waals surface area (Å²) in [5.41, 5.74) is 11.1. The van der Waals surface area contributed by atoms with Gasteiger partial charge in [-0.3, -0.25) is 0 Å². The molecule has 1 atom stereocenters. The summed E-state index contributed by atoms with van der Waals surface area (Å²) in [5.74, 6) is 0. The van der Waals surface area contributed by atoms with Gasteiger partial charge < -0.3 is 10.6 Å². The smallest absolute Gasteiger partial charge is 0.0292 e. The van der Waals surface area contributed by atoms with Crippen molar-refractivity contribution >= 4 is 0 Å². The maximum absolute atomic E-state index is 6.06. The van der Waals surface area contributed by atoms with E-state index in [-0.39, 0.29) is 6.04 Å². The summed E-state index contributed by atoms with van der Waals surface area (Å²) >= 11 is 0. The van der Waals surface area contributed by atoms with E-state index in [2.05, 4.69) is 74.4 Å². The van der Waals surface area contributed by atoms with E-state index in [1.54, 1.807) is 0 Å². The minimum Gasteiger partial charge on any atom is -0.324 e. The highest BCUT2D eigenvalue weighted by atomic mass is 15.0. The lowest BCUT2D eigenvalue weighted by Gasteiger charge is -2.12. The Morgan fingerprint density at radius 1 is 1.00 bits per heavy atom. The van der Waals surface area contributed by atoms with E-state index in [0.717, 1.165) is 13.0 Å². The van der Waals surface area contributed by atoms with Gasteiger partial charge in [-0.25, -0.2) is 0 Å². The molecule has 20 heavy (non-hydrogen) atoms. The minimum atomic E-state index is 0.143. The number of rotatable bonds is 5. The number of nitrogens with zero attached hydrogens (tertiary/aromatic N) is 1. The fourth-order valence-corrected chi connectivity index (χ4v) is 2.37. The van der Waals surface area contributed by atoms with Crippen molar-refractivity contribution < 1.29 is 0 Å². The molecule has 0 aliphatic rings. The number of benzene rings is 2. The molecule has 2 nitrogen and oxygen atoms in total. The van der Waals surface area contributed by atoms with Gasteiger partial charge in [-0.15, -0.1) is 0 Å². The van der Waals surface area contributed by atoms with E-state index in [1.807, 2.05) is 0 Å². The van der Waals surface area contributed by atoms with Gasteiger partial charge in [0.05, 0.1) is 0 Å². The maximum atomic E-state index is 6.06. The second kappa shape index (κ2) is 6.69. The van der Waals surface area contributed by atoms with Gasteiger partial charge in [0, 0.05) is 12.6 Å². The molecule has 0 bridgehead atoms. The number of hydrogen-bond donors (Lipinski definition) is 1. The summed E-state index contributed by atoms with van der Waals surface area (Å²) in [4.78, 5) is 2.18. The average molecular weight is 268 g/mol. The molecule has 2 aromatic carbocycles. The average Bonchev–Trinajstić information content (AvgIpc) is 2.46. The van der Waals surface area contributed by atoms with Crippen LogP contribution in [0.15, 0.2) is 48.5 Å². The molecule has 1 unspecified atom stereocenters. The van der Waals surface area contributed by atoms with Gasteiger partial charge in [-0.05, 0) is 48.8 Å². The molecule has 0 fully saturated rings. The molecule has 2 aromatic rings. The molecule has 106 valence electrons. The Bertz CT molecular complexity index is 544. The summed E-state index contributed by atoms with van der Waals surface area (Å²) in [5, 5.41) is 0. The Labute approximate surface area is 122 Å².